The normalized spacial score (nSPS) is 16.3. The van der Waals surface area contributed by atoms with Crippen molar-refractivity contribution in [2.24, 2.45) is 0 Å². The van der Waals surface area contributed by atoms with Crippen LogP contribution in [0.15, 0.2) is 60.8 Å². The number of aromatic carboxylic acids is 1. The molecule has 152 valence electrons. The van der Waals surface area contributed by atoms with Crippen LogP contribution in [0.1, 0.15) is 45.0 Å². The van der Waals surface area contributed by atoms with Gasteiger partial charge in [0.2, 0.25) is 5.95 Å². The van der Waals surface area contributed by atoms with Crippen molar-refractivity contribution in [1.29, 1.82) is 0 Å². The Bertz CT molecular complexity index is 1080. The second kappa shape index (κ2) is 8.32. The van der Waals surface area contributed by atoms with E-state index in [1.54, 1.807) is 23.1 Å². The molecule has 7 heteroatoms. The van der Waals surface area contributed by atoms with Crippen LogP contribution in [0.2, 0.25) is 0 Å². The van der Waals surface area contributed by atoms with Crippen molar-refractivity contribution in [1.82, 2.24) is 14.9 Å². The van der Waals surface area contributed by atoms with Crippen molar-refractivity contribution in [2.45, 2.75) is 18.8 Å². The highest BCUT2D eigenvalue weighted by atomic mass is 16.4. The van der Waals surface area contributed by atoms with E-state index in [0.29, 0.717) is 24.3 Å². The minimum absolute atomic E-state index is 0.0804. The van der Waals surface area contributed by atoms with Crippen LogP contribution >= 0.6 is 0 Å². The van der Waals surface area contributed by atoms with Gasteiger partial charge in [0.1, 0.15) is 0 Å². The number of carboxylic acid groups (broad SMARTS) is 1. The number of amides is 1. The lowest BCUT2D eigenvalue weighted by Gasteiger charge is -2.33. The van der Waals surface area contributed by atoms with Crippen LogP contribution in [-0.2, 0) is 0 Å². The Morgan fingerprint density at radius 1 is 1.10 bits per heavy atom. The van der Waals surface area contributed by atoms with Gasteiger partial charge in [0.05, 0.1) is 16.8 Å². The van der Waals surface area contributed by atoms with Gasteiger partial charge in [-0.25, -0.2) is 14.8 Å². The third-order valence-electron chi connectivity index (χ3n) is 5.40. The van der Waals surface area contributed by atoms with E-state index in [1.165, 1.54) is 6.20 Å². The molecule has 4 rings (SSSR count). The van der Waals surface area contributed by atoms with Gasteiger partial charge < -0.3 is 15.7 Å². The van der Waals surface area contributed by atoms with Crippen molar-refractivity contribution in [3.05, 3.63) is 77.5 Å². The van der Waals surface area contributed by atoms with Gasteiger partial charge in [-0.05, 0) is 30.5 Å². The molecule has 7 nitrogen and oxygen atoms in total. The van der Waals surface area contributed by atoms with Gasteiger partial charge in [-0.3, -0.25) is 4.79 Å². The number of likely N-dealkylation sites (tertiary alicyclic amines) is 1. The third kappa shape index (κ3) is 4.00. The number of rotatable bonds is 4. The molecule has 2 heterocycles. The average Bonchev–Trinajstić information content (AvgIpc) is 2.79. The first-order valence-corrected chi connectivity index (χ1v) is 9.83. The number of carbonyl (C=O) groups is 2. The summed E-state index contributed by atoms with van der Waals surface area (Å²) in [5.74, 6) is -0.899. The molecule has 2 aromatic carbocycles. The van der Waals surface area contributed by atoms with Gasteiger partial charge in [-0.15, -0.1) is 0 Å². The number of hydrogen-bond acceptors (Lipinski definition) is 5. The summed E-state index contributed by atoms with van der Waals surface area (Å²) in [6, 6.07) is 16.4. The fraction of sp³-hybridized carbons (Fsp3) is 0.217. The van der Waals surface area contributed by atoms with Crippen molar-refractivity contribution in [3.8, 4) is 11.3 Å². The molecule has 3 N–H and O–H groups in total. The molecule has 1 amide bonds. The molecular weight excluding hydrogens is 380 g/mol. The lowest BCUT2D eigenvalue weighted by atomic mass is 9.89. The molecule has 1 unspecified atom stereocenters. The first-order chi connectivity index (χ1) is 14.5. The van der Waals surface area contributed by atoms with Crippen molar-refractivity contribution < 1.29 is 14.7 Å². The molecule has 1 fully saturated rings. The number of nitrogen functional groups attached to an aromatic ring is 1. The van der Waals surface area contributed by atoms with Gasteiger partial charge in [0, 0.05) is 30.8 Å². The largest absolute Gasteiger partial charge is 0.478 e. The molecule has 1 aliphatic rings. The van der Waals surface area contributed by atoms with E-state index in [-0.39, 0.29) is 23.3 Å². The van der Waals surface area contributed by atoms with Gasteiger partial charge in [-0.1, -0.05) is 42.5 Å². The second-order valence-corrected chi connectivity index (χ2v) is 7.38. The fourth-order valence-corrected chi connectivity index (χ4v) is 3.90. The highest BCUT2D eigenvalue weighted by Crippen LogP contribution is 2.30. The Balaban J connectivity index is 1.62. The topological polar surface area (TPSA) is 109 Å². The molecule has 0 saturated carbocycles. The number of anilines is 1. The number of nitrogens with zero attached hydrogens (tertiary/aromatic N) is 3. The fourth-order valence-electron chi connectivity index (χ4n) is 3.90. The molecule has 1 saturated heterocycles. The van der Waals surface area contributed by atoms with E-state index < -0.39 is 5.97 Å². The number of carbonyl (C=O) groups excluding carboxylic acids is 1. The Morgan fingerprint density at radius 2 is 1.90 bits per heavy atom. The minimum atomic E-state index is -0.952. The van der Waals surface area contributed by atoms with Gasteiger partial charge in [0.15, 0.2) is 0 Å². The Labute approximate surface area is 174 Å². The number of aromatic nitrogens is 2. The van der Waals surface area contributed by atoms with Crippen LogP contribution in [0.25, 0.3) is 11.3 Å². The molecule has 0 spiro atoms. The summed E-state index contributed by atoms with van der Waals surface area (Å²) in [5.41, 5.74) is 8.71. The van der Waals surface area contributed by atoms with Gasteiger partial charge in [0.25, 0.3) is 5.91 Å². The number of benzene rings is 2. The second-order valence-electron chi connectivity index (χ2n) is 7.38. The van der Waals surface area contributed by atoms with Crippen LogP contribution in [0.3, 0.4) is 0 Å². The maximum atomic E-state index is 13.4. The van der Waals surface area contributed by atoms with Crippen molar-refractivity contribution in [2.75, 3.05) is 18.8 Å². The summed E-state index contributed by atoms with van der Waals surface area (Å²) in [5, 5.41) is 9.27. The van der Waals surface area contributed by atoms with Crippen LogP contribution in [-0.4, -0.2) is 44.9 Å². The molecule has 0 aliphatic carbocycles. The van der Waals surface area contributed by atoms with Crippen LogP contribution in [0, 0.1) is 0 Å². The predicted molar refractivity (Wildman–Crippen MR) is 113 cm³/mol. The standard InChI is InChI=1S/C23H22N4O3/c24-23-25-13-19(20(26-23)15-6-2-1-3-7-15)21(28)27-11-5-10-18(14-27)16-8-4-9-17(12-16)22(29)30/h1-4,6-9,12-13,18H,5,10-11,14H2,(H,29,30)(H2,24,25,26). The van der Waals surface area contributed by atoms with Gasteiger partial charge in [-0.2, -0.15) is 0 Å². The summed E-state index contributed by atoms with van der Waals surface area (Å²) in [4.78, 5) is 34.8. The van der Waals surface area contributed by atoms with Crippen LogP contribution < -0.4 is 5.73 Å². The highest BCUT2D eigenvalue weighted by Gasteiger charge is 2.28. The lowest BCUT2D eigenvalue weighted by Crippen LogP contribution is -2.39. The predicted octanol–water partition coefficient (Wildman–Crippen LogP) is 3.44. The summed E-state index contributed by atoms with van der Waals surface area (Å²) < 4.78 is 0. The van der Waals surface area contributed by atoms with E-state index in [0.717, 1.165) is 24.0 Å². The SMILES string of the molecule is Nc1ncc(C(=O)N2CCCC(c3cccc(C(=O)O)c3)C2)c(-c2ccccc2)n1. The Morgan fingerprint density at radius 3 is 2.67 bits per heavy atom. The first kappa shape index (κ1) is 19.6. The third-order valence-corrected chi connectivity index (χ3v) is 5.40. The molecule has 1 aromatic heterocycles. The zero-order valence-electron chi connectivity index (χ0n) is 16.4. The molecule has 30 heavy (non-hydrogen) atoms. The highest BCUT2D eigenvalue weighted by molar-refractivity contribution is 6.00. The zero-order chi connectivity index (χ0) is 21.1. The maximum absolute atomic E-state index is 13.4. The van der Waals surface area contributed by atoms with Crippen LogP contribution in [0.5, 0.6) is 0 Å². The van der Waals surface area contributed by atoms with Crippen molar-refractivity contribution in [3.63, 3.8) is 0 Å². The van der Waals surface area contributed by atoms with Crippen molar-refractivity contribution >= 4 is 17.8 Å². The summed E-state index contributed by atoms with van der Waals surface area (Å²) in [6.45, 7) is 1.15. The average molecular weight is 402 g/mol. The summed E-state index contributed by atoms with van der Waals surface area (Å²) in [7, 11) is 0. The van der Waals surface area contributed by atoms with E-state index in [9.17, 15) is 14.7 Å². The smallest absolute Gasteiger partial charge is 0.335 e. The Hall–Kier alpha value is -3.74. The van der Waals surface area contributed by atoms with Gasteiger partial charge >= 0.3 is 5.97 Å². The quantitative estimate of drug-likeness (QED) is 0.692. The molecular formula is C23H22N4O3. The summed E-state index contributed by atoms with van der Waals surface area (Å²) in [6.07, 6.45) is 3.22. The van der Waals surface area contributed by atoms with E-state index in [1.807, 2.05) is 36.4 Å². The lowest BCUT2D eigenvalue weighted by molar-refractivity contribution is 0.0687. The number of hydrogen-bond donors (Lipinski definition) is 2. The van der Waals surface area contributed by atoms with Crippen LogP contribution in [0.4, 0.5) is 5.95 Å². The maximum Gasteiger partial charge on any atom is 0.335 e. The number of piperidine rings is 1. The minimum Gasteiger partial charge on any atom is -0.478 e. The number of carboxylic acids is 1. The molecule has 0 radical (unpaired) electrons. The first-order valence-electron chi connectivity index (χ1n) is 9.83. The monoisotopic (exact) mass is 402 g/mol. The summed E-state index contributed by atoms with van der Waals surface area (Å²) >= 11 is 0. The molecule has 3 aromatic rings. The zero-order valence-corrected chi connectivity index (χ0v) is 16.4. The van der Waals surface area contributed by atoms with E-state index in [2.05, 4.69) is 9.97 Å². The molecule has 0 bridgehead atoms. The van der Waals surface area contributed by atoms with E-state index in [4.69, 9.17) is 5.73 Å². The van der Waals surface area contributed by atoms with E-state index >= 15 is 0 Å². The molecule has 1 atom stereocenters. The Kier molecular flexibility index (Phi) is 5.43. The number of nitrogens with two attached hydrogens (primary N) is 1. The molecule has 1 aliphatic heterocycles.